The van der Waals surface area contributed by atoms with Gasteiger partial charge in [0.25, 0.3) is 5.91 Å². The molecule has 0 saturated heterocycles. The number of fused-ring (bicyclic) bond motifs is 1. The molecule has 0 bridgehead atoms. The zero-order valence-corrected chi connectivity index (χ0v) is 16.8. The van der Waals surface area contributed by atoms with Gasteiger partial charge in [-0.2, -0.15) is 0 Å². The third-order valence-corrected chi connectivity index (χ3v) is 4.38. The van der Waals surface area contributed by atoms with Crippen molar-refractivity contribution in [3.63, 3.8) is 0 Å². The van der Waals surface area contributed by atoms with E-state index in [1.165, 1.54) is 0 Å². The highest BCUT2D eigenvalue weighted by Crippen LogP contribution is 2.20. The van der Waals surface area contributed by atoms with Crippen molar-refractivity contribution in [3.05, 3.63) is 71.7 Å². The number of nitrogens with one attached hydrogen (secondary N) is 2. The van der Waals surface area contributed by atoms with Crippen LogP contribution < -0.4 is 5.32 Å². The van der Waals surface area contributed by atoms with Gasteiger partial charge in [0, 0.05) is 36.9 Å². The number of allylic oxidation sites excluding steroid dienone is 2. The molecule has 2 aromatic heterocycles. The number of hydrogen-bond acceptors (Lipinski definition) is 5. The van der Waals surface area contributed by atoms with Crippen LogP contribution in [-0.2, 0) is 6.61 Å². The van der Waals surface area contributed by atoms with Crippen molar-refractivity contribution in [1.29, 1.82) is 0 Å². The van der Waals surface area contributed by atoms with Crippen molar-refractivity contribution in [3.8, 4) is 0 Å². The maximum atomic E-state index is 12.1. The Hall–Kier alpha value is -3.45. The molecule has 0 atom stereocenters. The largest absolute Gasteiger partial charge is 0.392 e. The molecule has 0 aliphatic carbocycles. The van der Waals surface area contributed by atoms with E-state index in [-0.39, 0.29) is 12.5 Å². The molecule has 3 rings (SSSR count). The minimum Gasteiger partial charge on any atom is -0.392 e. The third kappa shape index (κ3) is 4.89. The van der Waals surface area contributed by atoms with Crippen LogP contribution in [0, 0.1) is 0 Å². The van der Waals surface area contributed by atoms with E-state index in [1.54, 1.807) is 25.2 Å². The zero-order valence-electron chi connectivity index (χ0n) is 16.8. The number of aromatic nitrogens is 2. The van der Waals surface area contributed by atoms with Gasteiger partial charge in [-0.3, -0.25) is 14.8 Å². The molecule has 0 radical (unpaired) electrons. The number of anilines is 1. The smallest absolute Gasteiger partial charge is 0.269 e. The summed E-state index contributed by atoms with van der Waals surface area (Å²) in [5.41, 5.74) is 4.65. The molecule has 0 unspecified atom stereocenters. The Kier molecular flexibility index (Phi) is 6.41. The Morgan fingerprint density at radius 1 is 1.28 bits per heavy atom. The van der Waals surface area contributed by atoms with Crippen molar-refractivity contribution in [2.45, 2.75) is 13.5 Å². The lowest BCUT2D eigenvalue weighted by atomic mass is 10.2. The van der Waals surface area contributed by atoms with E-state index in [2.05, 4.69) is 20.3 Å². The second-order valence-corrected chi connectivity index (χ2v) is 6.77. The van der Waals surface area contributed by atoms with Gasteiger partial charge in [-0.1, -0.05) is 12.1 Å². The van der Waals surface area contributed by atoms with Crippen molar-refractivity contribution >= 4 is 28.2 Å². The van der Waals surface area contributed by atoms with E-state index in [9.17, 15) is 4.79 Å². The van der Waals surface area contributed by atoms with Crippen molar-refractivity contribution in [2.75, 3.05) is 26.1 Å². The number of benzene rings is 1. The second kappa shape index (κ2) is 9.16. The molecule has 7 nitrogen and oxygen atoms in total. The van der Waals surface area contributed by atoms with E-state index >= 15 is 0 Å². The summed E-state index contributed by atoms with van der Waals surface area (Å²) in [6.45, 7) is 2.27. The fourth-order valence-corrected chi connectivity index (χ4v) is 2.86. The summed E-state index contributed by atoms with van der Waals surface area (Å²) in [6.07, 6.45) is 5.46. The van der Waals surface area contributed by atoms with Crippen LogP contribution in [0.2, 0.25) is 0 Å². The third-order valence-electron chi connectivity index (χ3n) is 4.38. The molecule has 1 amide bonds. The van der Waals surface area contributed by atoms with Gasteiger partial charge in [-0.15, -0.1) is 0 Å². The lowest BCUT2D eigenvalue weighted by molar-refractivity contribution is 0.0823. The van der Waals surface area contributed by atoms with Crippen molar-refractivity contribution in [1.82, 2.24) is 14.9 Å². The number of nitrogens with zero attached hydrogens (tertiary/aromatic N) is 3. The molecule has 0 saturated carbocycles. The summed E-state index contributed by atoms with van der Waals surface area (Å²) in [7, 11) is 3.46. The fraction of sp³-hybridized carbons (Fsp3) is 0.227. The number of aliphatic hydroxyl groups excluding tert-OH is 1. The molecule has 0 aliphatic rings. The second-order valence-electron chi connectivity index (χ2n) is 6.77. The highest BCUT2D eigenvalue weighted by Gasteiger charge is 2.11. The molecular weight excluding hydrogens is 366 g/mol. The zero-order chi connectivity index (χ0) is 20.8. The number of amides is 1. The van der Waals surface area contributed by atoms with Crippen molar-refractivity contribution in [2.24, 2.45) is 4.99 Å². The molecule has 150 valence electrons. The minimum atomic E-state index is -0.0592. The van der Waals surface area contributed by atoms with E-state index in [4.69, 9.17) is 5.11 Å². The van der Waals surface area contributed by atoms with Crippen LogP contribution >= 0.6 is 0 Å². The summed E-state index contributed by atoms with van der Waals surface area (Å²) in [5, 5.41) is 13.4. The fourth-order valence-electron chi connectivity index (χ4n) is 2.86. The first-order valence-electron chi connectivity index (χ1n) is 9.33. The first-order valence-corrected chi connectivity index (χ1v) is 9.33. The van der Waals surface area contributed by atoms with Gasteiger partial charge in [0.05, 0.1) is 18.0 Å². The van der Waals surface area contributed by atoms with E-state index in [1.807, 2.05) is 55.5 Å². The number of rotatable bonds is 7. The number of pyridine rings is 1. The minimum absolute atomic E-state index is 0.0333. The van der Waals surface area contributed by atoms with Crippen LogP contribution in [0.5, 0.6) is 0 Å². The van der Waals surface area contributed by atoms with Gasteiger partial charge in [-0.25, -0.2) is 0 Å². The Labute approximate surface area is 169 Å². The highest BCUT2D eigenvalue weighted by molar-refractivity contribution is 6.07. The lowest BCUT2D eigenvalue weighted by Gasteiger charge is -2.07. The van der Waals surface area contributed by atoms with Gasteiger partial charge in [0.15, 0.2) is 0 Å². The Morgan fingerprint density at radius 2 is 2.10 bits per heavy atom. The molecule has 0 spiro atoms. The maximum Gasteiger partial charge on any atom is 0.269 e. The van der Waals surface area contributed by atoms with E-state index in [0.29, 0.717) is 12.4 Å². The van der Waals surface area contributed by atoms with Gasteiger partial charge in [0.2, 0.25) is 0 Å². The molecule has 2 heterocycles. The summed E-state index contributed by atoms with van der Waals surface area (Å²) in [5.74, 6) is -0.0592. The summed E-state index contributed by atoms with van der Waals surface area (Å²) in [6, 6.07) is 11.4. The molecule has 1 aromatic carbocycles. The average molecular weight is 391 g/mol. The Morgan fingerprint density at radius 3 is 2.76 bits per heavy atom. The average Bonchev–Trinajstić information content (AvgIpc) is 3.16. The SMILES string of the molecule is C/C=C\C(=N/CNc1ccc2[nH]c(C(=O)N(C)C)cc2c1)c1ccc(CO)cn1. The number of carbonyl (C=O) groups excluding carboxylic acids is 1. The molecule has 29 heavy (non-hydrogen) atoms. The van der Waals surface area contributed by atoms with Gasteiger partial charge >= 0.3 is 0 Å². The molecule has 3 aromatic rings. The van der Waals surface area contributed by atoms with Crippen LogP contribution in [-0.4, -0.2) is 52.4 Å². The number of carbonyl (C=O) groups is 1. The monoisotopic (exact) mass is 391 g/mol. The predicted octanol–water partition coefficient (Wildman–Crippen LogP) is 3.19. The molecule has 7 heteroatoms. The van der Waals surface area contributed by atoms with Crippen LogP contribution in [0.15, 0.2) is 59.7 Å². The number of hydrogen-bond donors (Lipinski definition) is 3. The molecule has 3 N–H and O–H groups in total. The van der Waals surface area contributed by atoms with E-state index in [0.717, 1.165) is 33.6 Å². The Bertz CT molecular complexity index is 1050. The van der Waals surface area contributed by atoms with Gasteiger partial charge in [0.1, 0.15) is 12.4 Å². The van der Waals surface area contributed by atoms with Crippen LogP contribution in [0.4, 0.5) is 5.69 Å². The first-order chi connectivity index (χ1) is 14.0. The summed E-state index contributed by atoms with van der Waals surface area (Å²) >= 11 is 0. The van der Waals surface area contributed by atoms with E-state index < -0.39 is 0 Å². The summed E-state index contributed by atoms with van der Waals surface area (Å²) < 4.78 is 0. The van der Waals surface area contributed by atoms with Gasteiger partial charge in [-0.05, 0) is 48.9 Å². The number of H-pyrrole nitrogens is 1. The standard InChI is InChI=1S/C22H25N5O2/c1-4-5-19(20-8-6-15(13-28)12-23-20)25-14-24-17-7-9-18-16(10-17)11-21(26-18)22(29)27(2)3/h4-12,24,26,28H,13-14H2,1-3H3/b5-4-,25-19+. The Balaban J connectivity index is 1.74. The topological polar surface area (TPSA) is 93.6 Å². The summed E-state index contributed by atoms with van der Waals surface area (Å²) in [4.78, 5) is 25.8. The normalized spacial score (nSPS) is 11.9. The number of aliphatic imine (C=N–C) groups is 1. The number of aromatic amines is 1. The highest BCUT2D eigenvalue weighted by atomic mass is 16.3. The van der Waals surface area contributed by atoms with Crippen LogP contribution in [0.3, 0.4) is 0 Å². The quantitative estimate of drug-likeness (QED) is 0.539. The lowest BCUT2D eigenvalue weighted by Crippen LogP contribution is -2.21. The van der Waals surface area contributed by atoms with Gasteiger partial charge < -0.3 is 20.3 Å². The van der Waals surface area contributed by atoms with Crippen molar-refractivity contribution < 1.29 is 9.90 Å². The van der Waals surface area contributed by atoms with Crippen LogP contribution in [0.1, 0.15) is 28.7 Å². The maximum absolute atomic E-state index is 12.1. The first kappa shape index (κ1) is 20.3. The molecule has 0 aliphatic heterocycles. The predicted molar refractivity (Wildman–Crippen MR) is 116 cm³/mol. The van der Waals surface area contributed by atoms with Crippen LogP contribution in [0.25, 0.3) is 10.9 Å². The molecular formula is C22H25N5O2. The molecule has 0 fully saturated rings. The number of aliphatic hydroxyl groups is 1.